The first-order valence-electron chi connectivity index (χ1n) is 5.32. The first-order chi connectivity index (χ1) is 6.47. The summed E-state index contributed by atoms with van der Waals surface area (Å²) in [6.07, 6.45) is 1.65. The zero-order valence-corrected chi connectivity index (χ0v) is 11.8. The lowest BCUT2D eigenvalue weighted by Gasteiger charge is -2.20. The van der Waals surface area contributed by atoms with Gasteiger partial charge in [-0.2, -0.15) is 0 Å². The molecule has 1 unspecified atom stereocenters. The first kappa shape index (κ1) is 14.2. The number of nitrogens with one attached hydrogen (secondary N) is 1. The van der Waals surface area contributed by atoms with E-state index in [9.17, 15) is 4.79 Å². The number of alkyl halides is 1. The van der Waals surface area contributed by atoms with E-state index in [4.69, 9.17) is 0 Å². The Kier molecular flexibility index (Phi) is 7.59. The molecule has 0 bridgehead atoms. The van der Waals surface area contributed by atoms with Crippen LogP contribution in [-0.2, 0) is 4.79 Å². The van der Waals surface area contributed by atoms with Crippen molar-refractivity contribution >= 4 is 28.5 Å². The number of amides is 1. The van der Waals surface area contributed by atoms with Crippen molar-refractivity contribution in [1.29, 1.82) is 0 Å². The second kappa shape index (κ2) is 7.49. The minimum atomic E-state index is 0.203. The van der Waals surface area contributed by atoms with Gasteiger partial charge in [0.2, 0.25) is 5.91 Å². The summed E-state index contributed by atoms with van der Waals surface area (Å²) in [7, 11) is 0. The van der Waals surface area contributed by atoms with Crippen LogP contribution in [0.4, 0.5) is 0 Å². The van der Waals surface area contributed by atoms with Gasteiger partial charge in [0.15, 0.2) is 0 Å². The summed E-state index contributed by atoms with van der Waals surface area (Å²) in [6, 6.07) is 0.329. The fourth-order valence-electron chi connectivity index (χ4n) is 1.08. The van der Waals surface area contributed by atoms with Gasteiger partial charge in [-0.1, -0.05) is 50.3 Å². The molecule has 2 nitrogen and oxygen atoms in total. The molecule has 0 aliphatic carbocycles. The Morgan fingerprint density at radius 2 is 1.86 bits per heavy atom. The lowest BCUT2D eigenvalue weighted by molar-refractivity contribution is -0.122. The third kappa shape index (κ3) is 6.62. The predicted octanol–water partition coefficient (Wildman–Crippen LogP) is 3.00. The molecule has 0 aliphatic heterocycles. The molecule has 1 N–H and O–H groups in total. The van der Waals surface area contributed by atoms with Crippen molar-refractivity contribution in [1.82, 2.24) is 5.32 Å². The average Bonchev–Trinajstić information content (AvgIpc) is 2.10. The molecule has 0 rings (SSSR count). The second-order valence-corrected chi connectivity index (χ2v) is 5.39. The summed E-state index contributed by atoms with van der Waals surface area (Å²) in [5.74, 6) is 1.34. The molecule has 0 aromatic rings. The van der Waals surface area contributed by atoms with Gasteiger partial charge in [0.1, 0.15) is 0 Å². The van der Waals surface area contributed by atoms with Crippen LogP contribution >= 0.6 is 22.6 Å². The van der Waals surface area contributed by atoms with Gasteiger partial charge in [-0.25, -0.2) is 0 Å². The Labute approximate surface area is 101 Å². The maximum absolute atomic E-state index is 11.5. The van der Waals surface area contributed by atoms with Crippen molar-refractivity contribution in [2.75, 3.05) is 4.43 Å². The number of carbonyl (C=O) groups excluding carboxylic acids is 1. The monoisotopic (exact) mass is 311 g/mol. The number of hydrogen-bond acceptors (Lipinski definition) is 1. The number of rotatable bonds is 6. The largest absolute Gasteiger partial charge is 0.352 e. The van der Waals surface area contributed by atoms with Gasteiger partial charge in [0.05, 0.1) is 0 Å². The Morgan fingerprint density at radius 3 is 2.21 bits per heavy atom. The Balaban J connectivity index is 3.79. The highest BCUT2D eigenvalue weighted by Gasteiger charge is 2.14. The smallest absolute Gasteiger partial charge is 0.220 e. The molecule has 0 aromatic carbocycles. The number of halogens is 1. The highest BCUT2D eigenvalue weighted by atomic mass is 127. The zero-order chi connectivity index (χ0) is 11.1. The summed E-state index contributed by atoms with van der Waals surface area (Å²) in [5, 5.41) is 3.08. The van der Waals surface area contributed by atoms with E-state index in [1.807, 2.05) is 0 Å². The van der Waals surface area contributed by atoms with Crippen molar-refractivity contribution in [3.8, 4) is 0 Å². The second-order valence-electron chi connectivity index (χ2n) is 4.50. The molecule has 1 atom stereocenters. The average molecular weight is 311 g/mol. The van der Waals surface area contributed by atoms with Crippen LogP contribution in [0, 0.1) is 11.8 Å². The SMILES string of the molecule is CC(C)CCC(=O)NC(CI)C(C)C. The van der Waals surface area contributed by atoms with E-state index >= 15 is 0 Å². The van der Waals surface area contributed by atoms with Crippen LogP contribution in [0.2, 0.25) is 0 Å². The summed E-state index contributed by atoms with van der Waals surface area (Å²) >= 11 is 2.33. The van der Waals surface area contributed by atoms with Gasteiger partial charge in [0.25, 0.3) is 0 Å². The Morgan fingerprint density at radius 1 is 1.29 bits per heavy atom. The van der Waals surface area contributed by atoms with E-state index in [0.29, 0.717) is 24.3 Å². The minimum Gasteiger partial charge on any atom is -0.352 e. The van der Waals surface area contributed by atoms with Gasteiger partial charge in [-0.05, 0) is 18.3 Å². The molecule has 0 heterocycles. The van der Waals surface area contributed by atoms with Gasteiger partial charge in [-0.3, -0.25) is 4.79 Å². The summed E-state index contributed by atoms with van der Waals surface area (Å²) in [5.41, 5.74) is 0. The van der Waals surface area contributed by atoms with Crippen molar-refractivity contribution in [3.05, 3.63) is 0 Å². The van der Waals surface area contributed by atoms with E-state index in [1.54, 1.807) is 0 Å². The van der Waals surface area contributed by atoms with Crippen LogP contribution in [0.5, 0.6) is 0 Å². The van der Waals surface area contributed by atoms with Gasteiger partial charge in [-0.15, -0.1) is 0 Å². The number of hydrogen-bond donors (Lipinski definition) is 1. The molecular weight excluding hydrogens is 289 g/mol. The fourth-order valence-corrected chi connectivity index (χ4v) is 2.32. The molecule has 0 radical (unpaired) electrons. The maximum atomic E-state index is 11.5. The summed E-state index contributed by atoms with van der Waals surface area (Å²) in [6.45, 7) is 8.58. The van der Waals surface area contributed by atoms with Crippen LogP contribution in [0.1, 0.15) is 40.5 Å². The van der Waals surface area contributed by atoms with Crippen molar-refractivity contribution < 1.29 is 4.79 Å². The Bertz CT molecular complexity index is 169. The predicted molar refractivity (Wildman–Crippen MR) is 69.7 cm³/mol. The van der Waals surface area contributed by atoms with Gasteiger partial charge >= 0.3 is 0 Å². The van der Waals surface area contributed by atoms with Crippen molar-refractivity contribution in [3.63, 3.8) is 0 Å². The highest BCUT2D eigenvalue weighted by Crippen LogP contribution is 2.07. The molecule has 0 aliphatic rings. The van der Waals surface area contributed by atoms with Crippen LogP contribution in [0.25, 0.3) is 0 Å². The third-order valence-corrected chi connectivity index (χ3v) is 3.22. The summed E-state index contributed by atoms with van der Waals surface area (Å²) in [4.78, 5) is 11.5. The fraction of sp³-hybridized carbons (Fsp3) is 0.909. The first-order valence-corrected chi connectivity index (χ1v) is 6.85. The van der Waals surface area contributed by atoms with Gasteiger partial charge in [0, 0.05) is 16.9 Å². The summed E-state index contributed by atoms with van der Waals surface area (Å²) < 4.78 is 0.989. The molecule has 3 heteroatoms. The quantitative estimate of drug-likeness (QED) is 0.593. The van der Waals surface area contributed by atoms with Crippen LogP contribution in [0.3, 0.4) is 0 Å². The lowest BCUT2D eigenvalue weighted by Crippen LogP contribution is -2.39. The molecule has 0 saturated carbocycles. The number of carbonyl (C=O) groups is 1. The van der Waals surface area contributed by atoms with E-state index in [1.165, 1.54) is 0 Å². The molecule has 0 fully saturated rings. The zero-order valence-electron chi connectivity index (χ0n) is 9.64. The van der Waals surface area contributed by atoms with Crippen LogP contribution < -0.4 is 5.32 Å². The molecule has 0 aromatic heterocycles. The third-order valence-electron chi connectivity index (χ3n) is 2.27. The molecule has 0 spiro atoms. The molecular formula is C11H22INO. The van der Waals surface area contributed by atoms with E-state index in [-0.39, 0.29) is 5.91 Å². The molecule has 1 amide bonds. The van der Waals surface area contributed by atoms with Crippen LogP contribution in [-0.4, -0.2) is 16.4 Å². The Hall–Kier alpha value is 0.200. The topological polar surface area (TPSA) is 29.1 Å². The highest BCUT2D eigenvalue weighted by molar-refractivity contribution is 14.1. The van der Waals surface area contributed by atoms with Gasteiger partial charge < -0.3 is 5.32 Å². The molecule has 14 heavy (non-hydrogen) atoms. The van der Waals surface area contributed by atoms with E-state index in [0.717, 1.165) is 10.8 Å². The maximum Gasteiger partial charge on any atom is 0.220 e. The minimum absolute atomic E-state index is 0.203. The standard InChI is InChI=1S/C11H22INO/c1-8(2)5-6-11(14)13-10(7-12)9(3)4/h8-10H,5-7H2,1-4H3,(H,13,14). The molecule has 0 saturated heterocycles. The van der Waals surface area contributed by atoms with Crippen molar-refractivity contribution in [2.24, 2.45) is 11.8 Å². The lowest BCUT2D eigenvalue weighted by atomic mass is 10.0. The van der Waals surface area contributed by atoms with E-state index in [2.05, 4.69) is 55.6 Å². The molecule has 84 valence electrons. The normalized spacial score (nSPS) is 13.4. The van der Waals surface area contributed by atoms with E-state index < -0.39 is 0 Å². The van der Waals surface area contributed by atoms with Crippen LogP contribution in [0.15, 0.2) is 0 Å². The van der Waals surface area contributed by atoms with Crippen molar-refractivity contribution in [2.45, 2.75) is 46.6 Å².